The van der Waals surface area contributed by atoms with Crippen molar-refractivity contribution in [2.24, 2.45) is 0 Å². The fourth-order valence-corrected chi connectivity index (χ4v) is 4.53. The zero-order valence-electron chi connectivity index (χ0n) is 16.4. The van der Waals surface area contributed by atoms with E-state index in [9.17, 15) is 14.2 Å². The predicted octanol–water partition coefficient (Wildman–Crippen LogP) is 2.68. The first-order valence-corrected chi connectivity index (χ1v) is 10.7. The topological polar surface area (TPSA) is 101 Å². The van der Waals surface area contributed by atoms with Crippen LogP contribution < -0.4 is 0 Å². The van der Waals surface area contributed by atoms with E-state index in [1.807, 2.05) is 0 Å². The van der Waals surface area contributed by atoms with Crippen LogP contribution in [0, 0.1) is 0 Å². The maximum absolute atomic E-state index is 13.4. The summed E-state index contributed by atoms with van der Waals surface area (Å²) in [6.45, 7) is 7.78. The fraction of sp³-hybridized carbons (Fsp3) is 0.875. The van der Waals surface area contributed by atoms with E-state index in [0.717, 1.165) is 0 Å². The van der Waals surface area contributed by atoms with Crippen molar-refractivity contribution in [1.29, 1.82) is 0 Å². The van der Waals surface area contributed by atoms with Crippen molar-refractivity contribution in [3.8, 4) is 0 Å². The lowest BCUT2D eigenvalue weighted by Crippen LogP contribution is -2.37. The van der Waals surface area contributed by atoms with Crippen LogP contribution >= 0.6 is 7.37 Å². The summed E-state index contributed by atoms with van der Waals surface area (Å²) in [5.41, 5.74) is 0. The van der Waals surface area contributed by atoms with E-state index in [0.29, 0.717) is 6.61 Å². The third kappa shape index (κ3) is 8.98. The fourth-order valence-electron chi connectivity index (χ4n) is 2.18. The molecular weight excluding hydrogens is 365 g/mol. The Kier molecular flexibility index (Phi) is 13.4. The summed E-state index contributed by atoms with van der Waals surface area (Å²) in [6, 6.07) is 0. The highest BCUT2D eigenvalue weighted by Gasteiger charge is 2.38. The van der Waals surface area contributed by atoms with Crippen LogP contribution in [0.25, 0.3) is 0 Å². The molecule has 154 valence electrons. The summed E-state index contributed by atoms with van der Waals surface area (Å²) < 4.78 is 39.4. The van der Waals surface area contributed by atoms with Gasteiger partial charge in [0, 0.05) is 20.3 Å². The minimum atomic E-state index is -3.45. The average molecular weight is 397 g/mol. The van der Waals surface area contributed by atoms with Gasteiger partial charge in [-0.1, -0.05) is 0 Å². The second kappa shape index (κ2) is 14.0. The van der Waals surface area contributed by atoms with E-state index in [2.05, 4.69) is 0 Å². The molecule has 0 aliphatic carbocycles. The lowest BCUT2D eigenvalue weighted by Gasteiger charge is -2.31. The SMILES string of the molecule is CCOC(=O)CCN(CP(=O)(OCC)C(COC)OCC)C(=O)OCC. The maximum Gasteiger partial charge on any atom is 0.410 e. The number of carbonyl (C=O) groups excluding carboxylic acids is 2. The second-order valence-electron chi connectivity index (χ2n) is 5.17. The zero-order chi connectivity index (χ0) is 20.0. The number of hydrogen-bond donors (Lipinski definition) is 0. The highest BCUT2D eigenvalue weighted by atomic mass is 31.2. The molecule has 0 aromatic carbocycles. The van der Waals surface area contributed by atoms with Crippen LogP contribution in [-0.4, -0.2) is 75.8 Å². The van der Waals surface area contributed by atoms with Gasteiger partial charge in [-0.2, -0.15) is 0 Å². The van der Waals surface area contributed by atoms with Gasteiger partial charge < -0.3 is 23.5 Å². The van der Waals surface area contributed by atoms with Crippen LogP contribution in [0.5, 0.6) is 0 Å². The number of methoxy groups -OCH3 is 1. The molecular formula is C16H32NO8P. The first-order valence-electron chi connectivity index (χ1n) is 8.79. The van der Waals surface area contributed by atoms with Crippen molar-refractivity contribution < 1.29 is 37.6 Å². The smallest absolute Gasteiger partial charge is 0.410 e. The Morgan fingerprint density at radius 1 is 1.00 bits per heavy atom. The van der Waals surface area contributed by atoms with Crippen LogP contribution in [0.1, 0.15) is 34.1 Å². The minimum Gasteiger partial charge on any atom is -0.466 e. The molecule has 10 heteroatoms. The molecule has 0 spiro atoms. The molecule has 1 amide bonds. The van der Waals surface area contributed by atoms with E-state index in [1.165, 1.54) is 12.0 Å². The molecule has 0 radical (unpaired) electrons. The molecule has 0 bridgehead atoms. The highest BCUT2D eigenvalue weighted by molar-refractivity contribution is 7.59. The molecule has 0 rings (SSSR count). The van der Waals surface area contributed by atoms with Gasteiger partial charge in [0.05, 0.1) is 32.8 Å². The van der Waals surface area contributed by atoms with Gasteiger partial charge in [-0.15, -0.1) is 0 Å². The molecule has 0 fully saturated rings. The summed E-state index contributed by atoms with van der Waals surface area (Å²) in [6.07, 6.45) is -0.959. The first-order chi connectivity index (χ1) is 12.4. The molecule has 0 heterocycles. The maximum atomic E-state index is 13.4. The number of esters is 1. The Balaban J connectivity index is 5.35. The van der Waals surface area contributed by atoms with E-state index < -0.39 is 25.3 Å². The molecule has 0 aromatic heterocycles. The van der Waals surface area contributed by atoms with Crippen LogP contribution in [-0.2, 0) is 32.8 Å². The molecule has 0 saturated heterocycles. The lowest BCUT2D eigenvalue weighted by atomic mass is 10.4. The summed E-state index contributed by atoms with van der Waals surface area (Å²) in [4.78, 5) is 25.0. The standard InChI is InChI=1S/C16H32NO8P/c1-6-22-14(18)10-11-17(16(19)24-8-3)13-26(20,25-9-4)15(12-21-5)23-7-2/h15H,6-13H2,1-5H3. The van der Waals surface area contributed by atoms with Crippen LogP contribution in [0.15, 0.2) is 0 Å². The largest absolute Gasteiger partial charge is 0.466 e. The van der Waals surface area contributed by atoms with Crippen molar-refractivity contribution in [3.63, 3.8) is 0 Å². The molecule has 26 heavy (non-hydrogen) atoms. The first kappa shape index (κ1) is 24.8. The predicted molar refractivity (Wildman–Crippen MR) is 96.4 cm³/mol. The van der Waals surface area contributed by atoms with Crippen molar-refractivity contribution >= 4 is 19.4 Å². The number of nitrogens with zero attached hydrogens (tertiary/aromatic N) is 1. The van der Waals surface area contributed by atoms with E-state index in [-0.39, 0.29) is 45.7 Å². The van der Waals surface area contributed by atoms with Crippen molar-refractivity contribution in [1.82, 2.24) is 4.90 Å². The van der Waals surface area contributed by atoms with Gasteiger partial charge >= 0.3 is 12.1 Å². The highest BCUT2D eigenvalue weighted by Crippen LogP contribution is 2.53. The summed E-state index contributed by atoms with van der Waals surface area (Å²) >= 11 is 0. The third-order valence-corrected chi connectivity index (χ3v) is 5.85. The van der Waals surface area contributed by atoms with Gasteiger partial charge in [0.2, 0.25) is 0 Å². The molecule has 0 N–H and O–H groups in total. The van der Waals surface area contributed by atoms with Crippen molar-refractivity contribution in [2.45, 2.75) is 40.0 Å². The molecule has 2 unspecified atom stereocenters. The lowest BCUT2D eigenvalue weighted by molar-refractivity contribution is -0.143. The van der Waals surface area contributed by atoms with E-state index in [1.54, 1.807) is 27.7 Å². The van der Waals surface area contributed by atoms with Gasteiger partial charge in [-0.05, 0) is 27.7 Å². The van der Waals surface area contributed by atoms with Gasteiger partial charge in [0.1, 0.15) is 6.29 Å². The molecule has 0 aliphatic heterocycles. The van der Waals surface area contributed by atoms with Crippen molar-refractivity contribution in [2.75, 3.05) is 53.0 Å². The zero-order valence-corrected chi connectivity index (χ0v) is 17.3. The Morgan fingerprint density at radius 2 is 1.65 bits per heavy atom. The van der Waals surface area contributed by atoms with E-state index >= 15 is 0 Å². The van der Waals surface area contributed by atoms with Crippen LogP contribution in [0.2, 0.25) is 0 Å². The third-order valence-electron chi connectivity index (χ3n) is 3.24. The number of carbonyl (C=O) groups is 2. The second-order valence-corrected chi connectivity index (χ2v) is 7.74. The van der Waals surface area contributed by atoms with Gasteiger partial charge in [-0.25, -0.2) is 4.79 Å². The number of ether oxygens (including phenoxy) is 4. The Morgan fingerprint density at radius 3 is 2.15 bits per heavy atom. The molecule has 0 aromatic rings. The van der Waals surface area contributed by atoms with Gasteiger partial charge in [0.25, 0.3) is 7.37 Å². The Labute approximate surface area is 155 Å². The van der Waals surface area contributed by atoms with Crippen LogP contribution in [0.3, 0.4) is 0 Å². The molecule has 0 aliphatic rings. The summed E-state index contributed by atoms with van der Waals surface area (Å²) in [5.74, 6) is -1.27. The number of rotatable bonds is 14. The van der Waals surface area contributed by atoms with Crippen LogP contribution in [0.4, 0.5) is 4.79 Å². The monoisotopic (exact) mass is 397 g/mol. The number of hydrogen-bond acceptors (Lipinski definition) is 8. The van der Waals surface area contributed by atoms with Gasteiger partial charge in [0.15, 0.2) is 5.85 Å². The van der Waals surface area contributed by atoms with Gasteiger partial charge in [-0.3, -0.25) is 14.3 Å². The average Bonchev–Trinajstić information content (AvgIpc) is 2.59. The molecule has 9 nitrogen and oxygen atoms in total. The summed E-state index contributed by atoms with van der Waals surface area (Å²) in [5, 5.41) is 0. The summed E-state index contributed by atoms with van der Waals surface area (Å²) in [7, 11) is -1.98. The molecule has 2 atom stereocenters. The number of amides is 1. The molecule has 0 saturated carbocycles. The quantitative estimate of drug-likeness (QED) is 0.326. The Hall–Kier alpha value is -1.15. The van der Waals surface area contributed by atoms with E-state index in [4.69, 9.17) is 23.5 Å². The van der Waals surface area contributed by atoms with Crippen molar-refractivity contribution in [3.05, 3.63) is 0 Å². The normalized spacial score (nSPS) is 14.3. The Bertz CT molecular complexity index is 454. The minimum absolute atomic E-state index is 0.000554.